The van der Waals surface area contributed by atoms with Gasteiger partial charge in [0.2, 0.25) is 5.91 Å². The molecule has 1 heterocycles. The largest absolute Gasteiger partial charge is 0.391 e. The van der Waals surface area contributed by atoms with Crippen molar-refractivity contribution in [2.24, 2.45) is 5.92 Å². The molecule has 1 aliphatic heterocycles. The van der Waals surface area contributed by atoms with Gasteiger partial charge in [-0.3, -0.25) is 4.79 Å². The molecule has 43 heavy (non-hydrogen) atoms. The Morgan fingerprint density at radius 2 is 1.60 bits per heavy atom. The molecule has 3 aromatic rings. The average molecular weight is 631 g/mol. The van der Waals surface area contributed by atoms with Gasteiger partial charge in [-0.05, 0) is 85.5 Å². The molecule has 2 fully saturated rings. The lowest BCUT2D eigenvalue weighted by Gasteiger charge is -2.46. The number of piperidine rings is 1. The fourth-order valence-corrected chi connectivity index (χ4v) is 6.82. The van der Waals surface area contributed by atoms with Gasteiger partial charge in [0.1, 0.15) is 6.61 Å². The number of carbonyl (C=O) groups excluding carboxylic acids is 1. The third-order valence-electron chi connectivity index (χ3n) is 8.64. The van der Waals surface area contributed by atoms with Gasteiger partial charge in [-0.2, -0.15) is 18.4 Å². The molecule has 0 spiro atoms. The number of amides is 1. The van der Waals surface area contributed by atoms with E-state index in [0.717, 1.165) is 16.7 Å². The Kier molecular flexibility index (Phi) is 9.67. The molecule has 0 atom stereocenters. The Balaban J connectivity index is 1.31. The van der Waals surface area contributed by atoms with Gasteiger partial charge < -0.3 is 15.0 Å². The number of halogens is 5. The summed E-state index contributed by atoms with van der Waals surface area (Å²) < 4.78 is 46.1. The summed E-state index contributed by atoms with van der Waals surface area (Å²) in [6.45, 7) is 1.10. The number of nitrogens with one attached hydrogen (secondary N) is 1. The fraction of sp³-hybridized carbons (Fsp3) is 0.394. The maximum Gasteiger partial charge on any atom is 0.391 e. The summed E-state index contributed by atoms with van der Waals surface area (Å²) in [5.41, 5.74) is 3.08. The molecule has 3 aromatic carbocycles. The molecule has 1 amide bonds. The molecule has 5 rings (SSSR count). The Morgan fingerprint density at radius 1 is 0.953 bits per heavy atom. The lowest BCUT2D eigenvalue weighted by atomic mass is 9.80. The van der Waals surface area contributed by atoms with Gasteiger partial charge in [0, 0.05) is 34.9 Å². The zero-order chi connectivity index (χ0) is 30.6. The summed E-state index contributed by atoms with van der Waals surface area (Å²) in [6.07, 6.45) is -1.58. The molecule has 5 nitrogen and oxygen atoms in total. The Labute approximate surface area is 259 Å². The molecule has 10 heteroatoms. The van der Waals surface area contributed by atoms with Crippen molar-refractivity contribution in [3.05, 3.63) is 87.9 Å². The third kappa shape index (κ3) is 7.71. The maximum absolute atomic E-state index is 13.2. The van der Waals surface area contributed by atoms with Crippen LogP contribution in [0.1, 0.15) is 49.7 Å². The van der Waals surface area contributed by atoms with Crippen LogP contribution in [0.5, 0.6) is 0 Å². The van der Waals surface area contributed by atoms with Crippen molar-refractivity contribution in [3.8, 4) is 17.2 Å². The summed E-state index contributed by atoms with van der Waals surface area (Å²) in [7, 11) is 0. The molecule has 1 aliphatic carbocycles. The standard InChI is InChI=1S/C33H32Cl2F3N3O2/c34-27-17-28(35)19-29(18-27)40-31(42)21-43-32(25-6-4-23(5-7-25)24-3-1-2-22(16-24)20-39)12-14-41(15-13-32)30-10-8-26(9-11-30)33(36,37)38/h1-7,16-19,26,30H,8-15,21H2,(H,40,42). The van der Waals surface area contributed by atoms with E-state index in [1.807, 2.05) is 42.5 Å². The van der Waals surface area contributed by atoms with Crippen molar-refractivity contribution in [2.75, 3.05) is 25.0 Å². The van der Waals surface area contributed by atoms with E-state index in [1.54, 1.807) is 24.3 Å². The Bertz CT molecular complexity index is 1450. The lowest BCUT2D eigenvalue weighted by Crippen LogP contribution is -2.50. The van der Waals surface area contributed by atoms with Gasteiger partial charge in [0.05, 0.1) is 23.2 Å². The minimum Gasteiger partial charge on any atom is -0.360 e. The first-order chi connectivity index (χ1) is 20.5. The van der Waals surface area contributed by atoms with Crippen molar-refractivity contribution in [3.63, 3.8) is 0 Å². The van der Waals surface area contributed by atoms with E-state index in [2.05, 4.69) is 16.3 Å². The zero-order valence-corrected chi connectivity index (χ0v) is 25.0. The highest BCUT2D eigenvalue weighted by molar-refractivity contribution is 6.35. The number of nitrogens with zero attached hydrogens (tertiary/aromatic N) is 2. The van der Waals surface area contributed by atoms with Crippen LogP contribution in [0.25, 0.3) is 11.1 Å². The van der Waals surface area contributed by atoms with E-state index in [0.29, 0.717) is 60.1 Å². The number of benzene rings is 3. The highest BCUT2D eigenvalue weighted by Gasteiger charge is 2.44. The van der Waals surface area contributed by atoms with Crippen molar-refractivity contribution >= 4 is 34.8 Å². The van der Waals surface area contributed by atoms with Crippen molar-refractivity contribution in [1.82, 2.24) is 4.90 Å². The van der Waals surface area contributed by atoms with Crippen LogP contribution in [-0.4, -0.2) is 42.7 Å². The second-order valence-electron chi connectivity index (χ2n) is 11.3. The average Bonchev–Trinajstić information content (AvgIpc) is 2.99. The molecular formula is C33H32Cl2F3N3O2. The van der Waals surface area contributed by atoms with Crippen LogP contribution in [0.3, 0.4) is 0 Å². The molecule has 1 saturated carbocycles. The molecule has 0 unspecified atom stereocenters. The molecule has 0 radical (unpaired) electrons. The number of rotatable bonds is 7. The second kappa shape index (κ2) is 13.3. The maximum atomic E-state index is 13.2. The number of hydrogen-bond donors (Lipinski definition) is 1. The van der Waals surface area contributed by atoms with Crippen LogP contribution in [0.15, 0.2) is 66.7 Å². The highest BCUT2D eigenvalue weighted by Crippen LogP contribution is 2.42. The summed E-state index contributed by atoms with van der Waals surface area (Å²) in [5.74, 6) is -1.56. The Hall–Kier alpha value is -3.09. The predicted octanol–water partition coefficient (Wildman–Crippen LogP) is 8.60. The van der Waals surface area contributed by atoms with E-state index in [-0.39, 0.29) is 31.4 Å². The molecular weight excluding hydrogens is 598 g/mol. The highest BCUT2D eigenvalue weighted by atomic mass is 35.5. The first-order valence-electron chi connectivity index (χ1n) is 14.4. The van der Waals surface area contributed by atoms with Crippen LogP contribution >= 0.6 is 23.2 Å². The third-order valence-corrected chi connectivity index (χ3v) is 9.08. The molecule has 1 saturated heterocycles. The minimum atomic E-state index is -4.13. The lowest BCUT2D eigenvalue weighted by molar-refractivity contribution is -0.185. The fourth-order valence-electron chi connectivity index (χ4n) is 6.30. The van der Waals surface area contributed by atoms with Crippen LogP contribution < -0.4 is 5.32 Å². The van der Waals surface area contributed by atoms with Crippen LogP contribution in [0, 0.1) is 17.2 Å². The van der Waals surface area contributed by atoms with Crippen LogP contribution in [0.4, 0.5) is 18.9 Å². The van der Waals surface area contributed by atoms with Gasteiger partial charge >= 0.3 is 6.18 Å². The van der Waals surface area contributed by atoms with Crippen LogP contribution in [-0.2, 0) is 15.1 Å². The first-order valence-corrected chi connectivity index (χ1v) is 15.1. The summed E-state index contributed by atoms with van der Waals surface area (Å²) in [4.78, 5) is 15.2. The van der Waals surface area contributed by atoms with E-state index in [9.17, 15) is 23.2 Å². The van der Waals surface area contributed by atoms with E-state index in [4.69, 9.17) is 27.9 Å². The van der Waals surface area contributed by atoms with Crippen LogP contribution in [0.2, 0.25) is 10.0 Å². The van der Waals surface area contributed by atoms with E-state index in [1.165, 1.54) is 0 Å². The van der Waals surface area contributed by atoms with E-state index < -0.39 is 17.7 Å². The molecule has 2 aliphatic rings. The van der Waals surface area contributed by atoms with Gasteiger partial charge in [-0.1, -0.05) is 59.6 Å². The van der Waals surface area contributed by atoms with Gasteiger partial charge in [0.15, 0.2) is 0 Å². The summed E-state index contributed by atoms with van der Waals surface area (Å²) in [5, 5.41) is 12.9. The molecule has 226 valence electrons. The van der Waals surface area contributed by atoms with Crippen molar-refractivity contribution in [2.45, 2.75) is 56.3 Å². The van der Waals surface area contributed by atoms with Gasteiger partial charge in [0.25, 0.3) is 0 Å². The quantitative estimate of drug-likeness (QED) is 0.284. The summed E-state index contributed by atoms with van der Waals surface area (Å²) in [6, 6.07) is 22.4. The number of carbonyl (C=O) groups is 1. The topological polar surface area (TPSA) is 65.4 Å². The summed E-state index contributed by atoms with van der Waals surface area (Å²) >= 11 is 12.1. The monoisotopic (exact) mass is 629 g/mol. The van der Waals surface area contributed by atoms with Crippen molar-refractivity contribution < 1.29 is 22.7 Å². The number of likely N-dealkylation sites (tertiary alicyclic amines) is 1. The van der Waals surface area contributed by atoms with Gasteiger partial charge in [-0.25, -0.2) is 0 Å². The number of ether oxygens (including phenoxy) is 1. The smallest absolute Gasteiger partial charge is 0.360 e. The second-order valence-corrected chi connectivity index (χ2v) is 12.2. The molecule has 1 N–H and O–H groups in total. The van der Waals surface area contributed by atoms with Crippen molar-refractivity contribution in [1.29, 1.82) is 5.26 Å². The minimum absolute atomic E-state index is 0.113. The predicted molar refractivity (Wildman–Crippen MR) is 162 cm³/mol. The number of alkyl halides is 3. The van der Waals surface area contributed by atoms with E-state index >= 15 is 0 Å². The number of hydrogen-bond acceptors (Lipinski definition) is 4. The number of nitriles is 1. The Morgan fingerprint density at radius 3 is 2.21 bits per heavy atom. The first kappa shape index (κ1) is 31.3. The normalized spacial score (nSPS) is 20.7. The number of anilines is 1. The molecule has 0 bridgehead atoms. The molecule has 0 aromatic heterocycles. The SMILES string of the molecule is N#Cc1cccc(-c2ccc(C3(OCC(=O)Nc4cc(Cl)cc(Cl)c4)CCN(C4CCC(C(F)(F)F)CC4)CC3)cc2)c1. The zero-order valence-electron chi connectivity index (χ0n) is 23.5. The van der Waals surface area contributed by atoms with Gasteiger partial charge in [-0.15, -0.1) is 0 Å².